The first-order valence-electron chi connectivity index (χ1n) is 1.29. The summed E-state index contributed by atoms with van der Waals surface area (Å²) < 4.78 is 42.7. The fourth-order valence-electron chi connectivity index (χ4n) is 0.0808. The average Bonchev–Trinajstić information content (AvgIpc) is 1.21. The Morgan fingerprint density at radius 3 is 2.12 bits per heavy atom. The molecule has 0 aliphatic rings. The topological polar surface area (TPSA) is 46.5 Å². The second-order valence-electron chi connectivity index (χ2n) is 0.746. The van der Waals surface area contributed by atoms with Crippen LogP contribution in [0.1, 0.15) is 0 Å². The smallest absolute Gasteiger partial charge is 0.284 e. The number of alkyl halides is 3. The quantitative estimate of drug-likeness (QED) is 0.549. The second-order valence-corrected chi connectivity index (χ2v) is 2.27. The van der Waals surface area contributed by atoms with E-state index in [4.69, 9.17) is 4.55 Å². The molecule has 0 radical (unpaired) electrons. The van der Waals surface area contributed by atoms with Crippen molar-refractivity contribution in [3.05, 3.63) is 0 Å². The van der Waals surface area contributed by atoms with E-state index in [0.29, 0.717) is 0 Å². The highest BCUT2D eigenvalue weighted by atomic mass is 79.9. The van der Waals surface area contributed by atoms with Crippen LogP contribution in [-0.2, 0) is 15.5 Å². The lowest BCUT2D eigenvalue weighted by molar-refractivity contribution is -0.0760. The van der Waals surface area contributed by atoms with Gasteiger partial charge in [0.2, 0.25) is 0 Å². The maximum absolute atomic E-state index is 11.3. The zero-order chi connectivity index (χ0) is 6.78. The summed E-state index contributed by atoms with van der Waals surface area (Å²) in [7, 11) is 0. The molecule has 0 aromatic rings. The van der Waals surface area contributed by atoms with Gasteiger partial charge in [0.15, 0.2) is 0 Å². The molecule has 1 atom stereocenters. The van der Waals surface area contributed by atoms with E-state index in [-0.39, 0.29) is 0 Å². The molecule has 3 nitrogen and oxygen atoms in total. The lowest BCUT2D eigenvalue weighted by Crippen LogP contribution is -2.12. The Hall–Kier alpha value is 0.410. The van der Waals surface area contributed by atoms with Crippen LogP contribution in [0.4, 0.5) is 8.78 Å². The molecule has 0 saturated heterocycles. The van der Waals surface area contributed by atoms with Gasteiger partial charge in [-0.2, -0.15) is 17.2 Å². The predicted molar refractivity (Wildman–Crippen MR) is 25.7 cm³/mol. The zero-order valence-corrected chi connectivity index (χ0v) is 5.71. The van der Waals surface area contributed by atoms with Gasteiger partial charge in [0, 0.05) is 15.9 Å². The van der Waals surface area contributed by atoms with Crippen LogP contribution in [0.3, 0.4) is 0 Å². The maximum atomic E-state index is 11.3. The Kier molecular flexibility index (Phi) is 2.95. The predicted octanol–water partition coefficient (Wildman–Crippen LogP) is 1.08. The third-order valence-electron chi connectivity index (χ3n) is 0.166. The van der Waals surface area contributed by atoms with Gasteiger partial charge in [0.25, 0.3) is 0 Å². The van der Waals surface area contributed by atoms with Gasteiger partial charge in [-0.15, -0.1) is 0 Å². The second kappa shape index (κ2) is 2.81. The summed E-state index contributed by atoms with van der Waals surface area (Å²) in [5.74, 6) is 0. The first kappa shape index (κ1) is 8.41. The molecule has 50 valence electrons. The molecule has 7 heteroatoms. The Labute approximate surface area is 54.6 Å². The van der Waals surface area contributed by atoms with Crippen molar-refractivity contribution in [3.63, 3.8) is 0 Å². The summed E-state index contributed by atoms with van der Waals surface area (Å²) in [5, 5.41) is -3.72. The highest BCUT2D eigenvalue weighted by Gasteiger charge is 2.28. The minimum absolute atomic E-state index is 1.67. The minimum atomic E-state index is -3.72. The van der Waals surface area contributed by atoms with Crippen LogP contribution in [0.2, 0.25) is 0 Å². The first-order valence-corrected chi connectivity index (χ1v) is 3.11. The Bertz CT molecular complexity index is 99.9. The molecule has 0 aliphatic heterocycles. The monoisotopic (exact) mass is 210 g/mol. The van der Waals surface area contributed by atoms with E-state index in [2.05, 4.69) is 4.18 Å². The first-order chi connectivity index (χ1) is 3.42. The molecule has 0 heterocycles. The molecule has 0 amide bonds. The van der Waals surface area contributed by atoms with Crippen molar-refractivity contribution >= 4 is 27.3 Å². The molecule has 0 aromatic heterocycles. The highest BCUT2D eigenvalue weighted by Crippen LogP contribution is 2.23. The molecule has 8 heavy (non-hydrogen) atoms. The molecule has 0 bridgehead atoms. The Balaban J connectivity index is 3.55. The van der Waals surface area contributed by atoms with Crippen molar-refractivity contribution in [1.82, 2.24) is 0 Å². The molecule has 0 aliphatic carbocycles. The number of rotatable bonds is 2. The van der Waals surface area contributed by atoms with E-state index in [1.165, 1.54) is 0 Å². The van der Waals surface area contributed by atoms with Gasteiger partial charge < -0.3 is 0 Å². The van der Waals surface area contributed by atoms with E-state index >= 15 is 0 Å². The molecule has 0 fully saturated rings. The van der Waals surface area contributed by atoms with Crippen LogP contribution in [0.25, 0.3) is 0 Å². The molecule has 0 spiro atoms. The molecule has 0 saturated carbocycles. The SMILES string of the molecule is O=S(O)OC(F)(F)Br. The van der Waals surface area contributed by atoms with Crippen LogP contribution in [0, 0.1) is 0 Å². The fraction of sp³-hybridized carbons (Fsp3) is 1.00. The standard InChI is InChI=1S/CHBrF2O3S/c2-1(3,4)7-8(5)6/h(H,5,6). The Morgan fingerprint density at radius 1 is 1.75 bits per heavy atom. The zero-order valence-electron chi connectivity index (χ0n) is 3.31. The largest absolute Gasteiger partial charge is 0.428 e. The van der Waals surface area contributed by atoms with Crippen molar-refractivity contribution in [2.45, 2.75) is 5.02 Å². The summed E-state index contributed by atoms with van der Waals surface area (Å²) in [4.78, 5) is 0. The van der Waals surface area contributed by atoms with Crippen LogP contribution < -0.4 is 0 Å². The van der Waals surface area contributed by atoms with E-state index in [9.17, 15) is 13.0 Å². The molecule has 1 N–H and O–H groups in total. The van der Waals surface area contributed by atoms with Gasteiger partial charge in [-0.05, 0) is 0 Å². The molecule has 0 rings (SSSR count). The number of hydrogen-bond donors (Lipinski definition) is 1. The Morgan fingerprint density at radius 2 is 2.12 bits per heavy atom. The van der Waals surface area contributed by atoms with Crippen molar-refractivity contribution < 1.29 is 21.7 Å². The molecular formula is CHBrF2O3S. The molecule has 1 unspecified atom stereocenters. The van der Waals surface area contributed by atoms with E-state index < -0.39 is 16.4 Å². The summed E-state index contributed by atoms with van der Waals surface area (Å²) in [6.07, 6.45) is 0. The van der Waals surface area contributed by atoms with Crippen molar-refractivity contribution in [1.29, 1.82) is 0 Å². The van der Waals surface area contributed by atoms with E-state index in [0.717, 1.165) is 0 Å². The van der Waals surface area contributed by atoms with Gasteiger partial charge in [-0.1, -0.05) is 0 Å². The van der Waals surface area contributed by atoms with Gasteiger partial charge in [0.1, 0.15) is 0 Å². The summed E-state index contributed by atoms with van der Waals surface area (Å²) in [5.41, 5.74) is 0. The average molecular weight is 211 g/mol. The van der Waals surface area contributed by atoms with Gasteiger partial charge in [-0.3, -0.25) is 4.55 Å². The van der Waals surface area contributed by atoms with Crippen LogP contribution in [0.15, 0.2) is 0 Å². The van der Waals surface area contributed by atoms with E-state index in [1.54, 1.807) is 15.9 Å². The number of hydrogen-bond acceptors (Lipinski definition) is 2. The van der Waals surface area contributed by atoms with Gasteiger partial charge in [-0.25, -0.2) is 0 Å². The summed E-state index contributed by atoms with van der Waals surface area (Å²) >= 11 is -1.26. The third-order valence-corrected chi connectivity index (χ3v) is 0.894. The van der Waals surface area contributed by atoms with Gasteiger partial charge >= 0.3 is 16.4 Å². The van der Waals surface area contributed by atoms with Crippen molar-refractivity contribution in [2.24, 2.45) is 0 Å². The maximum Gasteiger partial charge on any atom is 0.428 e. The van der Waals surface area contributed by atoms with Crippen LogP contribution in [-0.4, -0.2) is 13.8 Å². The fourth-order valence-corrected chi connectivity index (χ4v) is 0.582. The lowest BCUT2D eigenvalue weighted by atomic mass is 11.5. The van der Waals surface area contributed by atoms with Crippen LogP contribution >= 0.6 is 15.9 Å². The number of halogens is 3. The van der Waals surface area contributed by atoms with Crippen molar-refractivity contribution in [2.75, 3.05) is 0 Å². The van der Waals surface area contributed by atoms with Gasteiger partial charge in [0.05, 0.1) is 0 Å². The highest BCUT2D eigenvalue weighted by molar-refractivity contribution is 9.09. The minimum Gasteiger partial charge on any atom is -0.284 e. The van der Waals surface area contributed by atoms with Crippen molar-refractivity contribution in [3.8, 4) is 0 Å². The molecule has 0 aromatic carbocycles. The summed E-state index contributed by atoms with van der Waals surface area (Å²) in [6.45, 7) is 0. The van der Waals surface area contributed by atoms with Crippen LogP contribution in [0.5, 0.6) is 0 Å². The normalized spacial score (nSPS) is 16.0. The summed E-state index contributed by atoms with van der Waals surface area (Å²) in [6, 6.07) is 0. The molecular weight excluding hydrogens is 210 g/mol. The third kappa shape index (κ3) is 6.41. The van der Waals surface area contributed by atoms with E-state index in [1.807, 2.05) is 0 Å². The lowest BCUT2D eigenvalue weighted by Gasteiger charge is -2.01.